The molecule has 0 aliphatic carbocycles. The molecule has 1 atom stereocenters. The van der Waals surface area contributed by atoms with Crippen LogP contribution >= 0.6 is 15.9 Å². The lowest BCUT2D eigenvalue weighted by atomic mass is 9.87. The van der Waals surface area contributed by atoms with Gasteiger partial charge in [-0.25, -0.2) is 0 Å². The maximum atomic E-state index is 12.0. The van der Waals surface area contributed by atoms with E-state index >= 15 is 0 Å². The summed E-state index contributed by atoms with van der Waals surface area (Å²) in [5.41, 5.74) is 6.70. The molecule has 1 rings (SSSR count). The fourth-order valence-electron chi connectivity index (χ4n) is 2.31. The molecular formula is C16H24BrNO. The van der Waals surface area contributed by atoms with Gasteiger partial charge in [0, 0.05) is 17.3 Å². The quantitative estimate of drug-likeness (QED) is 0.786. The summed E-state index contributed by atoms with van der Waals surface area (Å²) >= 11 is 3.48. The molecule has 1 aromatic carbocycles. The number of Topliss-reactive ketones (excluding diaryl/α,β-unsaturated/α-hetero) is 1. The summed E-state index contributed by atoms with van der Waals surface area (Å²) in [4.78, 5) is 12.0. The second-order valence-electron chi connectivity index (χ2n) is 5.43. The Morgan fingerprint density at radius 1 is 1.26 bits per heavy atom. The summed E-state index contributed by atoms with van der Waals surface area (Å²) < 4.78 is 1.02. The molecule has 0 saturated heterocycles. The van der Waals surface area contributed by atoms with E-state index in [9.17, 15) is 4.79 Å². The van der Waals surface area contributed by atoms with Crippen LogP contribution in [0.4, 0.5) is 0 Å². The molecule has 0 radical (unpaired) electrons. The van der Waals surface area contributed by atoms with Crippen molar-refractivity contribution >= 4 is 21.7 Å². The molecule has 0 spiro atoms. The smallest absolute Gasteiger partial charge is 0.137 e. The Bertz CT molecular complexity index is 403. The van der Waals surface area contributed by atoms with Crippen molar-refractivity contribution in [3.8, 4) is 0 Å². The molecule has 1 aromatic rings. The highest BCUT2D eigenvalue weighted by molar-refractivity contribution is 9.10. The molecule has 0 bridgehead atoms. The fourth-order valence-corrected chi connectivity index (χ4v) is 2.74. The average molecular weight is 326 g/mol. The lowest BCUT2D eigenvalue weighted by Gasteiger charge is -2.19. The molecule has 3 heteroatoms. The summed E-state index contributed by atoms with van der Waals surface area (Å²) in [6.45, 7) is 5.12. The zero-order valence-corrected chi connectivity index (χ0v) is 13.4. The van der Waals surface area contributed by atoms with E-state index in [0.29, 0.717) is 37.0 Å². The molecule has 0 heterocycles. The average Bonchev–Trinajstić information content (AvgIpc) is 2.37. The first kappa shape index (κ1) is 16.4. The number of carbonyl (C=O) groups excluding carboxylic acids is 1. The van der Waals surface area contributed by atoms with Crippen LogP contribution in [0.15, 0.2) is 28.7 Å². The highest BCUT2D eigenvalue weighted by Gasteiger charge is 2.15. The molecular weight excluding hydrogens is 302 g/mol. The van der Waals surface area contributed by atoms with Crippen LogP contribution < -0.4 is 5.73 Å². The fraction of sp³-hybridized carbons (Fsp3) is 0.562. The number of carbonyl (C=O) groups is 1. The van der Waals surface area contributed by atoms with Crippen molar-refractivity contribution in [2.24, 2.45) is 17.6 Å². The van der Waals surface area contributed by atoms with E-state index in [1.807, 2.05) is 24.3 Å². The predicted molar refractivity (Wildman–Crippen MR) is 84.1 cm³/mol. The van der Waals surface area contributed by atoms with Crippen LogP contribution in [-0.2, 0) is 11.2 Å². The van der Waals surface area contributed by atoms with Crippen molar-refractivity contribution < 1.29 is 4.79 Å². The Kier molecular flexibility index (Phi) is 7.32. The molecule has 106 valence electrons. The summed E-state index contributed by atoms with van der Waals surface area (Å²) in [5.74, 6) is 1.47. The lowest BCUT2D eigenvalue weighted by Crippen LogP contribution is -2.16. The first-order valence-corrected chi connectivity index (χ1v) is 7.79. The van der Waals surface area contributed by atoms with E-state index in [0.717, 1.165) is 22.9 Å². The highest BCUT2D eigenvalue weighted by atomic mass is 79.9. The van der Waals surface area contributed by atoms with Crippen LogP contribution in [0, 0.1) is 11.8 Å². The number of halogens is 1. The van der Waals surface area contributed by atoms with Gasteiger partial charge >= 0.3 is 0 Å². The van der Waals surface area contributed by atoms with E-state index in [2.05, 4.69) is 29.8 Å². The minimum Gasteiger partial charge on any atom is -0.330 e. The third-order valence-corrected chi connectivity index (χ3v) is 4.39. The van der Waals surface area contributed by atoms with Crippen LogP contribution in [0.3, 0.4) is 0 Å². The van der Waals surface area contributed by atoms with Gasteiger partial charge in [0.05, 0.1) is 0 Å². The summed E-state index contributed by atoms with van der Waals surface area (Å²) in [6, 6.07) is 7.92. The second kappa shape index (κ2) is 8.49. The number of nitrogens with two attached hydrogens (primary N) is 1. The Hall–Kier alpha value is -0.670. The lowest BCUT2D eigenvalue weighted by molar-refractivity contribution is -0.118. The number of hydrogen-bond donors (Lipinski definition) is 1. The van der Waals surface area contributed by atoms with E-state index in [-0.39, 0.29) is 0 Å². The van der Waals surface area contributed by atoms with Gasteiger partial charge in [-0.3, -0.25) is 4.79 Å². The van der Waals surface area contributed by atoms with Gasteiger partial charge in [0.15, 0.2) is 0 Å². The molecule has 0 amide bonds. The van der Waals surface area contributed by atoms with Gasteiger partial charge in [-0.1, -0.05) is 48.0 Å². The van der Waals surface area contributed by atoms with E-state index in [1.165, 1.54) is 0 Å². The van der Waals surface area contributed by atoms with Crippen LogP contribution in [0.2, 0.25) is 0 Å². The van der Waals surface area contributed by atoms with Crippen molar-refractivity contribution in [2.75, 3.05) is 6.54 Å². The summed E-state index contributed by atoms with van der Waals surface area (Å²) in [6.07, 6.45) is 3.15. The maximum Gasteiger partial charge on any atom is 0.137 e. The Balaban J connectivity index is 2.45. The van der Waals surface area contributed by atoms with Crippen molar-refractivity contribution in [3.05, 3.63) is 34.3 Å². The Labute approximate surface area is 124 Å². The monoisotopic (exact) mass is 325 g/mol. The third kappa shape index (κ3) is 5.87. The first-order chi connectivity index (χ1) is 9.04. The minimum absolute atomic E-state index is 0.314. The topological polar surface area (TPSA) is 43.1 Å². The number of hydrogen-bond acceptors (Lipinski definition) is 2. The molecule has 1 unspecified atom stereocenters. The third-order valence-electron chi connectivity index (χ3n) is 3.62. The molecule has 0 aromatic heterocycles. The van der Waals surface area contributed by atoms with Gasteiger partial charge in [0.25, 0.3) is 0 Å². The van der Waals surface area contributed by atoms with E-state index in [4.69, 9.17) is 5.73 Å². The van der Waals surface area contributed by atoms with Crippen molar-refractivity contribution in [1.29, 1.82) is 0 Å². The number of ketones is 1. The van der Waals surface area contributed by atoms with Crippen molar-refractivity contribution in [3.63, 3.8) is 0 Å². The van der Waals surface area contributed by atoms with Crippen LogP contribution in [0.25, 0.3) is 0 Å². The highest BCUT2D eigenvalue weighted by Crippen LogP contribution is 2.22. The summed E-state index contributed by atoms with van der Waals surface area (Å²) in [5, 5.41) is 0. The van der Waals surface area contributed by atoms with E-state index < -0.39 is 0 Å². The summed E-state index contributed by atoms with van der Waals surface area (Å²) in [7, 11) is 0. The Morgan fingerprint density at radius 2 is 1.95 bits per heavy atom. The second-order valence-corrected chi connectivity index (χ2v) is 6.28. The van der Waals surface area contributed by atoms with Gasteiger partial charge in [0.1, 0.15) is 5.78 Å². The molecule has 0 aliphatic heterocycles. The predicted octanol–water partition coefficient (Wildman–Crippen LogP) is 3.96. The number of benzene rings is 1. The normalized spacial score (nSPS) is 12.7. The van der Waals surface area contributed by atoms with E-state index in [1.54, 1.807) is 0 Å². The molecule has 2 nitrogen and oxygen atoms in total. The first-order valence-electron chi connectivity index (χ1n) is 6.99. The van der Waals surface area contributed by atoms with Crippen LogP contribution in [0.1, 0.15) is 38.7 Å². The molecule has 2 N–H and O–H groups in total. The molecule has 0 aliphatic rings. The van der Waals surface area contributed by atoms with Crippen LogP contribution in [0.5, 0.6) is 0 Å². The minimum atomic E-state index is 0.314. The zero-order chi connectivity index (χ0) is 14.3. The van der Waals surface area contributed by atoms with Crippen LogP contribution in [-0.4, -0.2) is 12.3 Å². The van der Waals surface area contributed by atoms with Crippen molar-refractivity contribution in [2.45, 2.75) is 39.5 Å². The SMILES string of the molecule is CC(C)C(CCN)CCC(=O)Cc1ccccc1Br. The van der Waals surface area contributed by atoms with Gasteiger partial charge < -0.3 is 5.73 Å². The van der Waals surface area contributed by atoms with Crippen molar-refractivity contribution in [1.82, 2.24) is 0 Å². The zero-order valence-electron chi connectivity index (χ0n) is 11.9. The van der Waals surface area contributed by atoms with Gasteiger partial charge in [-0.2, -0.15) is 0 Å². The maximum absolute atomic E-state index is 12.0. The van der Waals surface area contributed by atoms with Gasteiger partial charge in [-0.05, 0) is 42.9 Å². The standard InChI is InChI=1S/C16H24BrNO/c1-12(2)13(9-10-18)7-8-15(19)11-14-5-3-4-6-16(14)17/h3-6,12-13H,7-11,18H2,1-2H3. The van der Waals surface area contributed by atoms with Gasteiger partial charge in [-0.15, -0.1) is 0 Å². The molecule has 19 heavy (non-hydrogen) atoms. The van der Waals surface area contributed by atoms with Gasteiger partial charge in [0.2, 0.25) is 0 Å². The molecule has 0 fully saturated rings. The molecule has 0 saturated carbocycles. The largest absolute Gasteiger partial charge is 0.330 e. The number of rotatable bonds is 8. The Morgan fingerprint density at radius 3 is 2.53 bits per heavy atom.